The molecule has 218 valence electrons. The summed E-state index contributed by atoms with van der Waals surface area (Å²) in [5, 5.41) is 1.14. The quantitative estimate of drug-likeness (QED) is 0.248. The number of amides is 1. The minimum Gasteiger partial charge on any atom is -0.350 e. The molecule has 0 spiro atoms. The summed E-state index contributed by atoms with van der Waals surface area (Å²) in [5.74, 6) is 0.581. The van der Waals surface area contributed by atoms with Gasteiger partial charge in [-0.05, 0) is 55.0 Å². The first-order chi connectivity index (χ1) is 20.0. The molecule has 0 bridgehead atoms. The van der Waals surface area contributed by atoms with Gasteiger partial charge in [0, 0.05) is 37.4 Å². The van der Waals surface area contributed by atoms with E-state index in [1.54, 1.807) is 15.7 Å². The Bertz CT molecular complexity index is 1720. The maximum Gasteiger partial charge on any atom is 0.355 e. The Kier molecular flexibility index (Phi) is 8.19. The Balaban J connectivity index is 1.84. The van der Waals surface area contributed by atoms with Gasteiger partial charge in [-0.1, -0.05) is 70.1 Å². The second kappa shape index (κ2) is 11.7. The summed E-state index contributed by atoms with van der Waals surface area (Å²) in [5.41, 5.74) is 5.07. The Morgan fingerprint density at radius 3 is 2.48 bits per heavy atom. The fourth-order valence-electron chi connectivity index (χ4n) is 5.77. The Morgan fingerprint density at radius 2 is 1.83 bits per heavy atom. The molecule has 1 saturated heterocycles. The minimum absolute atomic E-state index is 0.0546. The van der Waals surface area contributed by atoms with Gasteiger partial charge in [-0.3, -0.25) is 9.78 Å². The van der Waals surface area contributed by atoms with E-state index in [1.165, 1.54) is 6.08 Å². The van der Waals surface area contributed by atoms with Crippen LogP contribution in [0.2, 0.25) is 5.02 Å². The second-order valence-corrected chi connectivity index (χ2v) is 11.9. The Labute approximate surface area is 251 Å². The van der Waals surface area contributed by atoms with Gasteiger partial charge in [-0.25, -0.2) is 14.3 Å². The molecule has 3 aromatic heterocycles. The number of rotatable bonds is 6. The van der Waals surface area contributed by atoms with Crippen LogP contribution in [0.4, 0.5) is 5.82 Å². The van der Waals surface area contributed by atoms with Crippen LogP contribution in [-0.4, -0.2) is 56.0 Å². The SMILES string of the molecule is C=CC(=O)N1CCN(c2nc(=O)n(-c3c(C(C)C)ccnc3C(C)C)c3nc(-c4ccccc4C)c(Cl)cc23)[C@@H](C)C1. The number of pyridine rings is 2. The van der Waals surface area contributed by atoms with Crippen LogP contribution in [0.15, 0.2) is 60.0 Å². The fraction of sp³-hybridized carbons (Fsp3) is 0.364. The van der Waals surface area contributed by atoms with E-state index < -0.39 is 5.69 Å². The van der Waals surface area contributed by atoms with Crippen molar-refractivity contribution in [3.05, 3.63) is 87.6 Å². The number of anilines is 1. The number of benzene rings is 1. The van der Waals surface area contributed by atoms with Gasteiger partial charge in [0.1, 0.15) is 5.82 Å². The number of aromatic nitrogens is 4. The molecule has 1 aliphatic rings. The van der Waals surface area contributed by atoms with E-state index in [-0.39, 0.29) is 23.8 Å². The molecule has 0 N–H and O–H groups in total. The highest BCUT2D eigenvalue weighted by atomic mass is 35.5. The molecule has 4 heterocycles. The monoisotopic (exact) mass is 584 g/mol. The molecule has 1 aliphatic heterocycles. The van der Waals surface area contributed by atoms with Crippen LogP contribution in [0, 0.1) is 6.92 Å². The zero-order chi connectivity index (χ0) is 30.3. The van der Waals surface area contributed by atoms with Gasteiger partial charge in [0.05, 0.1) is 27.5 Å². The van der Waals surface area contributed by atoms with Crippen LogP contribution in [0.1, 0.15) is 63.3 Å². The first-order valence-corrected chi connectivity index (χ1v) is 14.8. The summed E-state index contributed by atoms with van der Waals surface area (Å²) in [6.45, 7) is 17.5. The molecule has 1 atom stereocenters. The predicted molar refractivity (Wildman–Crippen MR) is 170 cm³/mol. The summed E-state index contributed by atoms with van der Waals surface area (Å²) in [6, 6.07) is 11.7. The van der Waals surface area contributed by atoms with Gasteiger partial charge in [-0.15, -0.1) is 0 Å². The van der Waals surface area contributed by atoms with Crippen LogP contribution < -0.4 is 10.6 Å². The molecular formula is C33H37ClN6O2. The highest BCUT2D eigenvalue weighted by Crippen LogP contribution is 2.37. The standard InChI is InChI=1S/C33H37ClN6O2/c1-8-27(41)38-15-16-39(22(7)18-38)31-25-17-26(34)29(24-12-10-9-11-21(24)6)36-32(25)40(33(42)37-31)30-23(19(2)3)13-14-35-28(30)20(4)5/h8-14,17,19-20,22H,1,15-16,18H2,2-7H3/t22-/m0/s1. The smallest absolute Gasteiger partial charge is 0.350 e. The van der Waals surface area contributed by atoms with Crippen molar-refractivity contribution in [2.45, 2.75) is 59.4 Å². The number of aryl methyl sites for hydroxylation is 1. The van der Waals surface area contributed by atoms with Gasteiger partial charge in [0.25, 0.3) is 0 Å². The number of carbonyl (C=O) groups excluding carboxylic acids is 1. The zero-order valence-corrected chi connectivity index (χ0v) is 25.8. The van der Waals surface area contributed by atoms with E-state index >= 15 is 0 Å². The van der Waals surface area contributed by atoms with E-state index in [4.69, 9.17) is 21.6 Å². The normalized spacial score (nSPS) is 15.6. The van der Waals surface area contributed by atoms with Crippen LogP contribution >= 0.6 is 11.6 Å². The first-order valence-electron chi connectivity index (χ1n) is 14.4. The highest BCUT2D eigenvalue weighted by molar-refractivity contribution is 6.34. The third-order valence-electron chi connectivity index (χ3n) is 7.96. The van der Waals surface area contributed by atoms with Crippen molar-refractivity contribution in [3.63, 3.8) is 0 Å². The molecule has 1 aromatic carbocycles. The van der Waals surface area contributed by atoms with Gasteiger partial charge in [-0.2, -0.15) is 4.98 Å². The number of piperazine rings is 1. The summed E-state index contributed by atoms with van der Waals surface area (Å²) in [4.78, 5) is 44.9. The molecule has 42 heavy (non-hydrogen) atoms. The molecular weight excluding hydrogens is 548 g/mol. The number of hydrogen-bond donors (Lipinski definition) is 0. The molecule has 1 fully saturated rings. The molecule has 9 heteroatoms. The molecule has 0 aliphatic carbocycles. The van der Waals surface area contributed by atoms with Crippen molar-refractivity contribution in [1.82, 2.24) is 24.4 Å². The molecule has 1 amide bonds. The van der Waals surface area contributed by atoms with Crippen molar-refractivity contribution in [1.29, 1.82) is 0 Å². The molecule has 0 radical (unpaired) electrons. The molecule has 5 rings (SSSR count). The molecule has 0 unspecified atom stereocenters. The van der Waals surface area contributed by atoms with Gasteiger partial charge in [0.2, 0.25) is 5.91 Å². The summed E-state index contributed by atoms with van der Waals surface area (Å²) in [6.07, 6.45) is 3.14. The number of carbonyl (C=O) groups is 1. The van der Waals surface area contributed by atoms with Gasteiger partial charge < -0.3 is 9.80 Å². The van der Waals surface area contributed by atoms with E-state index in [9.17, 15) is 9.59 Å². The first kappa shape index (κ1) is 29.5. The van der Waals surface area contributed by atoms with Crippen LogP contribution in [0.5, 0.6) is 0 Å². The predicted octanol–water partition coefficient (Wildman–Crippen LogP) is 6.27. The van der Waals surface area contributed by atoms with E-state index in [2.05, 4.69) is 44.2 Å². The largest absolute Gasteiger partial charge is 0.355 e. The number of fused-ring (bicyclic) bond motifs is 1. The second-order valence-electron chi connectivity index (χ2n) is 11.5. The van der Waals surface area contributed by atoms with E-state index in [1.807, 2.05) is 50.2 Å². The van der Waals surface area contributed by atoms with Crippen molar-refractivity contribution < 1.29 is 4.79 Å². The van der Waals surface area contributed by atoms with Crippen LogP contribution in [0.3, 0.4) is 0 Å². The van der Waals surface area contributed by atoms with E-state index in [0.717, 1.165) is 28.1 Å². The van der Waals surface area contributed by atoms with Crippen molar-refractivity contribution in [3.8, 4) is 16.9 Å². The van der Waals surface area contributed by atoms with Crippen LogP contribution in [-0.2, 0) is 4.79 Å². The summed E-state index contributed by atoms with van der Waals surface area (Å²) < 4.78 is 1.62. The number of halogens is 1. The Hall–Kier alpha value is -4.04. The number of nitrogens with zero attached hydrogens (tertiary/aromatic N) is 6. The third-order valence-corrected chi connectivity index (χ3v) is 8.25. The molecule has 4 aromatic rings. The lowest BCUT2D eigenvalue weighted by Crippen LogP contribution is -2.54. The lowest BCUT2D eigenvalue weighted by atomic mass is 9.97. The number of hydrogen-bond acceptors (Lipinski definition) is 6. The lowest BCUT2D eigenvalue weighted by molar-refractivity contribution is -0.126. The van der Waals surface area contributed by atoms with Crippen molar-refractivity contribution >= 4 is 34.4 Å². The third kappa shape index (κ3) is 5.20. The lowest BCUT2D eigenvalue weighted by Gasteiger charge is -2.40. The van der Waals surface area contributed by atoms with Gasteiger partial charge in [0.15, 0.2) is 5.65 Å². The maximum absolute atomic E-state index is 14.2. The molecule has 0 saturated carbocycles. The summed E-state index contributed by atoms with van der Waals surface area (Å²) in [7, 11) is 0. The highest BCUT2D eigenvalue weighted by Gasteiger charge is 2.31. The average Bonchev–Trinajstić information content (AvgIpc) is 2.96. The van der Waals surface area contributed by atoms with E-state index in [0.29, 0.717) is 47.2 Å². The summed E-state index contributed by atoms with van der Waals surface area (Å²) >= 11 is 6.97. The average molecular weight is 585 g/mol. The van der Waals surface area contributed by atoms with Crippen molar-refractivity contribution in [2.24, 2.45) is 0 Å². The molecule has 8 nitrogen and oxygen atoms in total. The maximum atomic E-state index is 14.2. The Morgan fingerprint density at radius 1 is 1.10 bits per heavy atom. The van der Waals surface area contributed by atoms with Gasteiger partial charge >= 0.3 is 5.69 Å². The topological polar surface area (TPSA) is 84.2 Å². The minimum atomic E-state index is -0.434. The zero-order valence-electron chi connectivity index (χ0n) is 25.1. The van der Waals surface area contributed by atoms with Crippen LogP contribution in [0.25, 0.3) is 28.0 Å². The van der Waals surface area contributed by atoms with Crippen molar-refractivity contribution in [2.75, 3.05) is 24.5 Å². The fourth-order valence-corrected chi connectivity index (χ4v) is 6.03.